The minimum absolute atomic E-state index is 0.723. The molecule has 0 atom stereocenters. The summed E-state index contributed by atoms with van der Waals surface area (Å²) in [5.74, 6) is 0.965. The third kappa shape index (κ3) is 7.72. The van der Waals surface area contributed by atoms with E-state index in [-0.39, 0.29) is 0 Å². The van der Waals surface area contributed by atoms with Crippen LogP contribution >= 0.6 is 0 Å². The molecule has 2 rings (SSSR count). The first-order valence-corrected chi connectivity index (χ1v) is 9.30. The lowest BCUT2D eigenvalue weighted by molar-refractivity contribution is 0.210. The van der Waals surface area contributed by atoms with Gasteiger partial charge in [-0.2, -0.15) is 0 Å². The Hall–Kier alpha value is -1.84. The topological polar surface area (TPSA) is 15.7 Å². The molecule has 2 aromatic carbocycles. The lowest BCUT2D eigenvalue weighted by Crippen LogP contribution is -2.27. The quantitative estimate of drug-likeness (QED) is 0.613. The molecule has 0 amide bonds. The fourth-order valence-electron chi connectivity index (χ4n) is 2.83. The average Bonchev–Trinajstić information content (AvgIpc) is 2.63. The van der Waals surface area contributed by atoms with Crippen LogP contribution in [0.1, 0.15) is 24.5 Å². The van der Waals surface area contributed by atoms with Gasteiger partial charge in [-0.05, 0) is 63.3 Å². The van der Waals surface area contributed by atoms with Gasteiger partial charge >= 0.3 is 0 Å². The highest BCUT2D eigenvalue weighted by Crippen LogP contribution is 2.14. The predicted molar refractivity (Wildman–Crippen MR) is 106 cm³/mol. The van der Waals surface area contributed by atoms with Crippen LogP contribution in [0.3, 0.4) is 0 Å². The normalized spacial score (nSPS) is 11.2. The lowest BCUT2D eigenvalue weighted by atomic mass is 10.1. The van der Waals surface area contributed by atoms with Crippen molar-refractivity contribution >= 4 is 0 Å². The van der Waals surface area contributed by atoms with E-state index in [1.807, 2.05) is 0 Å². The van der Waals surface area contributed by atoms with E-state index in [1.54, 1.807) is 0 Å². The van der Waals surface area contributed by atoms with Gasteiger partial charge in [-0.3, -0.25) is 4.90 Å². The van der Waals surface area contributed by atoms with Gasteiger partial charge in [-0.25, -0.2) is 0 Å². The molecular weight excluding hydrogens is 308 g/mol. The average molecular weight is 341 g/mol. The van der Waals surface area contributed by atoms with Crippen molar-refractivity contribution in [1.82, 2.24) is 9.80 Å². The Morgan fingerprint density at radius 1 is 0.840 bits per heavy atom. The van der Waals surface area contributed by atoms with Crippen LogP contribution in [0.5, 0.6) is 5.75 Å². The van der Waals surface area contributed by atoms with Crippen molar-refractivity contribution < 1.29 is 4.74 Å². The molecular formula is C22H32N2O. The molecule has 0 bridgehead atoms. The van der Waals surface area contributed by atoms with E-state index in [4.69, 9.17) is 4.74 Å². The zero-order valence-electron chi connectivity index (χ0n) is 15.9. The number of nitrogens with zero attached hydrogens (tertiary/aromatic N) is 2. The van der Waals surface area contributed by atoms with Crippen LogP contribution in [-0.4, -0.2) is 50.1 Å². The SMILES string of the molecule is CCN(CCOc1ccc(CCCN(C)C)cc1)Cc1ccccc1. The maximum Gasteiger partial charge on any atom is 0.119 e. The van der Waals surface area contributed by atoms with Gasteiger partial charge < -0.3 is 9.64 Å². The molecule has 0 aliphatic carbocycles. The van der Waals surface area contributed by atoms with E-state index < -0.39 is 0 Å². The standard InChI is InChI=1S/C22H32N2O/c1-4-24(19-21-9-6-5-7-10-21)17-18-25-22-14-12-20(13-15-22)11-8-16-23(2)3/h5-7,9-10,12-15H,4,8,11,16-19H2,1-3H3. The van der Waals surface area contributed by atoms with Crippen LogP contribution in [-0.2, 0) is 13.0 Å². The summed E-state index contributed by atoms with van der Waals surface area (Å²) in [5.41, 5.74) is 2.74. The van der Waals surface area contributed by atoms with Crippen molar-refractivity contribution in [1.29, 1.82) is 0 Å². The molecule has 136 valence electrons. The predicted octanol–water partition coefficient (Wildman–Crippen LogP) is 4.08. The monoisotopic (exact) mass is 340 g/mol. The molecule has 0 heterocycles. The van der Waals surface area contributed by atoms with Crippen LogP contribution in [0, 0.1) is 0 Å². The summed E-state index contributed by atoms with van der Waals surface area (Å²) in [5, 5.41) is 0. The molecule has 0 radical (unpaired) electrons. The second kappa shape index (κ2) is 10.9. The number of aryl methyl sites for hydroxylation is 1. The molecule has 0 aliphatic rings. The van der Waals surface area contributed by atoms with Crippen LogP contribution in [0.4, 0.5) is 0 Å². The summed E-state index contributed by atoms with van der Waals surface area (Å²) >= 11 is 0. The molecule has 25 heavy (non-hydrogen) atoms. The van der Waals surface area contributed by atoms with E-state index in [0.717, 1.165) is 45.0 Å². The van der Waals surface area contributed by atoms with Crippen LogP contribution in [0.25, 0.3) is 0 Å². The van der Waals surface area contributed by atoms with Gasteiger partial charge in [0.1, 0.15) is 12.4 Å². The maximum atomic E-state index is 5.92. The minimum Gasteiger partial charge on any atom is -0.492 e. The first kappa shape index (κ1) is 19.5. The van der Waals surface area contributed by atoms with Crippen molar-refractivity contribution in [2.75, 3.05) is 40.3 Å². The van der Waals surface area contributed by atoms with Crippen molar-refractivity contribution in [3.05, 3.63) is 65.7 Å². The molecule has 0 aliphatic heterocycles. The lowest BCUT2D eigenvalue weighted by Gasteiger charge is -2.20. The number of hydrogen-bond donors (Lipinski definition) is 0. The number of ether oxygens (including phenoxy) is 1. The van der Waals surface area contributed by atoms with E-state index >= 15 is 0 Å². The van der Waals surface area contributed by atoms with Crippen molar-refractivity contribution in [2.45, 2.75) is 26.3 Å². The van der Waals surface area contributed by atoms with E-state index in [9.17, 15) is 0 Å². The fraction of sp³-hybridized carbons (Fsp3) is 0.455. The van der Waals surface area contributed by atoms with Crippen molar-refractivity contribution in [3.63, 3.8) is 0 Å². The number of likely N-dealkylation sites (N-methyl/N-ethyl adjacent to an activating group) is 1. The summed E-state index contributed by atoms with van der Waals surface area (Å²) in [6.07, 6.45) is 2.32. The zero-order valence-corrected chi connectivity index (χ0v) is 15.9. The summed E-state index contributed by atoms with van der Waals surface area (Å²) in [6, 6.07) is 19.2. The highest BCUT2D eigenvalue weighted by molar-refractivity contribution is 5.27. The summed E-state index contributed by atoms with van der Waals surface area (Å²) < 4.78 is 5.92. The third-order valence-electron chi connectivity index (χ3n) is 4.37. The molecule has 0 saturated heterocycles. The minimum atomic E-state index is 0.723. The molecule has 0 spiro atoms. The number of benzene rings is 2. The third-order valence-corrected chi connectivity index (χ3v) is 4.37. The molecule has 0 unspecified atom stereocenters. The van der Waals surface area contributed by atoms with Crippen molar-refractivity contribution in [2.24, 2.45) is 0 Å². The van der Waals surface area contributed by atoms with Gasteiger partial charge in [0, 0.05) is 13.1 Å². The number of hydrogen-bond acceptors (Lipinski definition) is 3. The van der Waals surface area contributed by atoms with Gasteiger partial charge in [0.15, 0.2) is 0 Å². The molecule has 2 aromatic rings. The Bertz CT molecular complexity index is 581. The van der Waals surface area contributed by atoms with Gasteiger partial charge in [0.25, 0.3) is 0 Å². The number of rotatable bonds is 11. The second-order valence-corrected chi connectivity index (χ2v) is 6.75. The Balaban J connectivity index is 1.71. The van der Waals surface area contributed by atoms with Gasteiger partial charge in [-0.1, -0.05) is 49.4 Å². The van der Waals surface area contributed by atoms with Gasteiger partial charge in [0.2, 0.25) is 0 Å². The highest BCUT2D eigenvalue weighted by Gasteiger charge is 2.04. The Kier molecular flexibility index (Phi) is 8.50. The van der Waals surface area contributed by atoms with Gasteiger partial charge in [-0.15, -0.1) is 0 Å². The molecule has 3 nitrogen and oxygen atoms in total. The molecule has 0 fully saturated rings. The Morgan fingerprint density at radius 2 is 1.56 bits per heavy atom. The summed E-state index contributed by atoms with van der Waals surface area (Å²) in [4.78, 5) is 4.64. The summed E-state index contributed by atoms with van der Waals surface area (Å²) in [6.45, 7) is 7.00. The van der Waals surface area contributed by atoms with Crippen LogP contribution in [0.2, 0.25) is 0 Å². The first-order valence-electron chi connectivity index (χ1n) is 9.30. The van der Waals surface area contributed by atoms with E-state index in [0.29, 0.717) is 0 Å². The molecule has 3 heteroatoms. The molecule has 0 N–H and O–H groups in total. The largest absolute Gasteiger partial charge is 0.492 e. The van der Waals surface area contributed by atoms with Crippen LogP contribution in [0.15, 0.2) is 54.6 Å². The smallest absolute Gasteiger partial charge is 0.119 e. The second-order valence-electron chi connectivity index (χ2n) is 6.75. The Labute approximate surface area is 153 Å². The van der Waals surface area contributed by atoms with Crippen LogP contribution < -0.4 is 4.74 Å². The van der Waals surface area contributed by atoms with E-state index in [2.05, 4.69) is 85.4 Å². The Morgan fingerprint density at radius 3 is 2.20 bits per heavy atom. The first-order chi connectivity index (χ1) is 12.2. The fourth-order valence-corrected chi connectivity index (χ4v) is 2.83. The van der Waals surface area contributed by atoms with Crippen molar-refractivity contribution in [3.8, 4) is 5.75 Å². The summed E-state index contributed by atoms with van der Waals surface area (Å²) in [7, 11) is 4.24. The molecule has 0 saturated carbocycles. The van der Waals surface area contributed by atoms with Gasteiger partial charge in [0.05, 0.1) is 0 Å². The highest BCUT2D eigenvalue weighted by atomic mass is 16.5. The molecule has 0 aromatic heterocycles. The van der Waals surface area contributed by atoms with E-state index in [1.165, 1.54) is 17.5 Å². The maximum absolute atomic E-state index is 5.92. The zero-order chi connectivity index (χ0) is 17.9.